The first-order valence-electron chi connectivity index (χ1n) is 7.23. The first kappa shape index (κ1) is 16.3. The molecule has 20 heavy (non-hydrogen) atoms. The van der Waals surface area contributed by atoms with E-state index in [0.29, 0.717) is 6.42 Å². The number of benzene rings is 1. The fourth-order valence-corrected chi connectivity index (χ4v) is 1.69. The Balaban J connectivity index is 2.37. The van der Waals surface area contributed by atoms with E-state index in [1.54, 1.807) is 19.0 Å². The minimum atomic E-state index is 0.167. The number of carbonyl (C=O) groups excluding carboxylic acids is 1. The summed E-state index contributed by atoms with van der Waals surface area (Å²) in [5.74, 6) is 1.05. The summed E-state index contributed by atoms with van der Waals surface area (Å²) >= 11 is 0. The van der Waals surface area contributed by atoms with Crippen LogP contribution in [-0.4, -0.2) is 37.6 Å². The van der Waals surface area contributed by atoms with Gasteiger partial charge in [0, 0.05) is 38.8 Å². The van der Waals surface area contributed by atoms with Crippen LogP contribution in [0.3, 0.4) is 0 Å². The highest BCUT2D eigenvalue weighted by atomic mass is 16.5. The maximum atomic E-state index is 11.4. The second-order valence-corrected chi connectivity index (χ2v) is 5.18. The first-order chi connectivity index (χ1) is 9.52. The highest BCUT2D eigenvalue weighted by Crippen LogP contribution is 2.19. The summed E-state index contributed by atoms with van der Waals surface area (Å²) in [7, 11) is 3.57. The molecule has 1 N–H and O–H groups in total. The number of hydrogen-bond acceptors (Lipinski definition) is 3. The topological polar surface area (TPSA) is 41.6 Å². The van der Waals surface area contributed by atoms with Crippen LogP contribution < -0.4 is 10.1 Å². The van der Waals surface area contributed by atoms with E-state index < -0.39 is 0 Å². The van der Waals surface area contributed by atoms with E-state index in [4.69, 9.17) is 4.74 Å². The lowest BCUT2D eigenvalue weighted by Crippen LogP contribution is -2.22. The molecule has 4 heteroatoms. The Labute approximate surface area is 122 Å². The Hall–Kier alpha value is -1.71. The summed E-state index contributed by atoms with van der Waals surface area (Å²) in [5, 5.41) is 3.32. The lowest BCUT2D eigenvalue weighted by molar-refractivity contribution is -0.128. The lowest BCUT2D eigenvalue weighted by Gasteiger charge is -2.14. The highest BCUT2D eigenvalue weighted by Gasteiger charge is 2.04. The minimum Gasteiger partial charge on any atom is -0.491 e. The van der Waals surface area contributed by atoms with E-state index in [0.717, 1.165) is 30.8 Å². The maximum absolute atomic E-state index is 11.4. The van der Waals surface area contributed by atoms with Crippen molar-refractivity contribution in [3.63, 3.8) is 0 Å². The summed E-state index contributed by atoms with van der Waals surface area (Å²) in [4.78, 5) is 13.1. The quantitative estimate of drug-likeness (QED) is 0.743. The van der Waals surface area contributed by atoms with Gasteiger partial charge in [-0.25, -0.2) is 0 Å². The van der Waals surface area contributed by atoms with Crippen LogP contribution in [0.1, 0.15) is 33.1 Å². The number of nitrogens with one attached hydrogen (secondary N) is 1. The largest absolute Gasteiger partial charge is 0.491 e. The van der Waals surface area contributed by atoms with Gasteiger partial charge in [-0.15, -0.1) is 0 Å². The molecule has 0 bridgehead atoms. The van der Waals surface area contributed by atoms with Crippen molar-refractivity contribution in [2.24, 2.45) is 0 Å². The molecule has 0 saturated heterocycles. The van der Waals surface area contributed by atoms with Crippen LogP contribution in [0, 0.1) is 0 Å². The molecule has 0 aliphatic heterocycles. The summed E-state index contributed by atoms with van der Waals surface area (Å²) in [6, 6.07) is 7.95. The number of anilines is 1. The van der Waals surface area contributed by atoms with Gasteiger partial charge in [0.25, 0.3) is 0 Å². The third-order valence-electron chi connectivity index (χ3n) is 3.14. The molecule has 1 unspecified atom stereocenters. The smallest absolute Gasteiger partial charge is 0.222 e. The number of hydrogen-bond donors (Lipinski definition) is 1. The van der Waals surface area contributed by atoms with Gasteiger partial charge in [0.15, 0.2) is 0 Å². The van der Waals surface area contributed by atoms with Crippen LogP contribution in [0.25, 0.3) is 0 Å². The first-order valence-corrected chi connectivity index (χ1v) is 7.23. The normalized spacial score (nSPS) is 11.8. The van der Waals surface area contributed by atoms with Gasteiger partial charge in [0.1, 0.15) is 5.75 Å². The Morgan fingerprint density at radius 3 is 2.80 bits per heavy atom. The molecule has 0 saturated carbocycles. The molecule has 0 fully saturated rings. The number of ether oxygens (including phenoxy) is 1. The van der Waals surface area contributed by atoms with Crippen molar-refractivity contribution in [2.45, 2.75) is 39.2 Å². The maximum Gasteiger partial charge on any atom is 0.222 e. The molecule has 1 aromatic carbocycles. The fourth-order valence-electron chi connectivity index (χ4n) is 1.69. The van der Waals surface area contributed by atoms with Crippen LogP contribution in [-0.2, 0) is 4.79 Å². The van der Waals surface area contributed by atoms with Crippen molar-refractivity contribution in [1.29, 1.82) is 0 Å². The second-order valence-electron chi connectivity index (χ2n) is 5.18. The predicted octanol–water partition coefficient (Wildman–Crippen LogP) is 3.14. The van der Waals surface area contributed by atoms with Crippen LogP contribution in [0.4, 0.5) is 5.69 Å². The molecule has 112 valence electrons. The van der Waals surface area contributed by atoms with E-state index in [2.05, 4.69) is 19.2 Å². The van der Waals surface area contributed by atoms with Crippen LogP contribution in [0.15, 0.2) is 24.3 Å². The summed E-state index contributed by atoms with van der Waals surface area (Å²) in [5.41, 5.74) is 1.03. The standard InChI is InChI=1S/C16H26N2O2/c1-5-13(2)20-15-9-6-8-14(12-15)17-11-7-10-16(19)18(3)4/h6,8-9,12-13,17H,5,7,10-11H2,1-4H3. The lowest BCUT2D eigenvalue weighted by atomic mass is 10.2. The Morgan fingerprint density at radius 1 is 1.40 bits per heavy atom. The van der Waals surface area contributed by atoms with Crippen LogP contribution in [0.5, 0.6) is 5.75 Å². The minimum absolute atomic E-state index is 0.167. The molecular weight excluding hydrogens is 252 g/mol. The van der Waals surface area contributed by atoms with Gasteiger partial charge in [-0.1, -0.05) is 13.0 Å². The summed E-state index contributed by atoms with van der Waals surface area (Å²) in [6.45, 7) is 4.95. The van der Waals surface area contributed by atoms with Crippen LogP contribution >= 0.6 is 0 Å². The third-order valence-corrected chi connectivity index (χ3v) is 3.14. The van der Waals surface area contributed by atoms with Gasteiger partial charge >= 0.3 is 0 Å². The average Bonchev–Trinajstić information content (AvgIpc) is 2.43. The second kappa shape index (κ2) is 8.46. The van der Waals surface area contributed by atoms with E-state index in [1.165, 1.54) is 0 Å². The molecule has 0 heterocycles. The molecular formula is C16H26N2O2. The monoisotopic (exact) mass is 278 g/mol. The zero-order chi connectivity index (χ0) is 15.0. The molecule has 0 radical (unpaired) electrons. The number of carbonyl (C=O) groups is 1. The summed E-state index contributed by atoms with van der Waals surface area (Å²) in [6.07, 6.45) is 2.61. The molecule has 4 nitrogen and oxygen atoms in total. The van der Waals surface area contributed by atoms with Gasteiger partial charge in [-0.05, 0) is 31.9 Å². The predicted molar refractivity (Wildman–Crippen MR) is 83.2 cm³/mol. The van der Waals surface area contributed by atoms with Gasteiger partial charge in [-0.3, -0.25) is 4.79 Å². The number of rotatable bonds is 8. The van der Waals surface area contributed by atoms with Crippen molar-refractivity contribution in [1.82, 2.24) is 4.90 Å². The Morgan fingerprint density at radius 2 is 2.15 bits per heavy atom. The Kier molecular flexibility index (Phi) is 6.91. The zero-order valence-electron chi connectivity index (χ0n) is 13.0. The molecule has 1 rings (SSSR count). The zero-order valence-corrected chi connectivity index (χ0v) is 13.0. The highest BCUT2D eigenvalue weighted by molar-refractivity contribution is 5.75. The molecule has 1 amide bonds. The van der Waals surface area contributed by atoms with Crippen molar-refractivity contribution in [3.05, 3.63) is 24.3 Å². The number of nitrogens with zero attached hydrogens (tertiary/aromatic N) is 1. The molecule has 1 atom stereocenters. The Bertz CT molecular complexity index is 419. The van der Waals surface area contributed by atoms with E-state index in [1.807, 2.05) is 24.3 Å². The van der Waals surface area contributed by atoms with Crippen molar-refractivity contribution in [3.8, 4) is 5.75 Å². The molecule has 0 spiro atoms. The summed E-state index contributed by atoms with van der Waals surface area (Å²) < 4.78 is 5.78. The average molecular weight is 278 g/mol. The van der Waals surface area contributed by atoms with Gasteiger partial charge in [0.2, 0.25) is 5.91 Å². The van der Waals surface area contributed by atoms with Crippen molar-refractivity contribution >= 4 is 11.6 Å². The van der Waals surface area contributed by atoms with Crippen molar-refractivity contribution < 1.29 is 9.53 Å². The fraction of sp³-hybridized carbons (Fsp3) is 0.562. The molecule has 1 aromatic rings. The van der Waals surface area contributed by atoms with Gasteiger partial charge in [0.05, 0.1) is 6.10 Å². The number of amides is 1. The van der Waals surface area contributed by atoms with Gasteiger partial charge < -0.3 is 15.0 Å². The third kappa shape index (κ3) is 5.95. The molecule has 0 aliphatic carbocycles. The van der Waals surface area contributed by atoms with Gasteiger partial charge in [-0.2, -0.15) is 0 Å². The molecule has 0 aliphatic rings. The van der Waals surface area contributed by atoms with E-state index in [9.17, 15) is 4.79 Å². The van der Waals surface area contributed by atoms with Crippen LogP contribution in [0.2, 0.25) is 0 Å². The van der Waals surface area contributed by atoms with Crippen molar-refractivity contribution in [2.75, 3.05) is 26.0 Å². The van der Waals surface area contributed by atoms with E-state index in [-0.39, 0.29) is 12.0 Å². The molecule has 0 aromatic heterocycles. The SMILES string of the molecule is CCC(C)Oc1cccc(NCCCC(=O)N(C)C)c1. The van der Waals surface area contributed by atoms with E-state index >= 15 is 0 Å².